The number of morpholine rings is 1. The Morgan fingerprint density at radius 1 is 1.15 bits per heavy atom. The van der Waals surface area contributed by atoms with E-state index in [-0.39, 0.29) is 17.3 Å². The summed E-state index contributed by atoms with van der Waals surface area (Å²) in [6.45, 7) is 6.99. The van der Waals surface area contributed by atoms with Gasteiger partial charge in [0.05, 0.1) is 29.8 Å². The van der Waals surface area contributed by atoms with Gasteiger partial charge in [0.1, 0.15) is 5.78 Å². The van der Waals surface area contributed by atoms with Crippen molar-refractivity contribution in [2.75, 3.05) is 32.8 Å². The highest BCUT2D eigenvalue weighted by Crippen LogP contribution is 2.64. The van der Waals surface area contributed by atoms with Crippen molar-refractivity contribution in [3.8, 4) is 0 Å². The minimum atomic E-state index is -0.344. The molecule has 5 heteroatoms. The second-order valence-electron chi connectivity index (χ2n) is 11.8. The predicted octanol–water partition coefficient (Wildman–Crippen LogP) is 5.99. The number of carbonyl (C=O) groups is 1. The molecule has 200 valence electrons. The van der Waals surface area contributed by atoms with Crippen molar-refractivity contribution in [3.63, 3.8) is 0 Å². The lowest BCUT2D eigenvalue weighted by molar-refractivity contribution is -0.126. The van der Waals surface area contributed by atoms with Crippen molar-refractivity contribution in [1.29, 1.82) is 0 Å². The van der Waals surface area contributed by atoms with E-state index in [2.05, 4.69) is 94.9 Å². The number of aromatic amines is 1. The Balaban J connectivity index is 1.10. The van der Waals surface area contributed by atoms with Crippen LogP contribution in [0.1, 0.15) is 54.5 Å². The summed E-state index contributed by atoms with van der Waals surface area (Å²) in [5.41, 5.74) is 6.76. The lowest BCUT2D eigenvalue weighted by Gasteiger charge is -2.31. The van der Waals surface area contributed by atoms with E-state index in [0.29, 0.717) is 11.7 Å². The molecule has 2 heterocycles. The highest BCUT2D eigenvalue weighted by Gasteiger charge is 2.64. The second-order valence-corrected chi connectivity index (χ2v) is 11.8. The fourth-order valence-electron chi connectivity index (χ4n) is 7.26. The summed E-state index contributed by atoms with van der Waals surface area (Å²) in [4.78, 5) is 16.2. The summed E-state index contributed by atoms with van der Waals surface area (Å²) in [5, 5.41) is 9.02. The molecule has 3 aromatic rings. The molecular formula is C34H37N3O2. The monoisotopic (exact) mass is 519 g/mol. The minimum absolute atomic E-state index is 0.133. The number of benzene rings is 2. The van der Waals surface area contributed by atoms with Crippen LogP contribution in [0.25, 0.3) is 17.0 Å². The number of rotatable bonds is 6. The van der Waals surface area contributed by atoms with Gasteiger partial charge in [-0.2, -0.15) is 5.10 Å². The number of allylic oxidation sites excluding steroid dienone is 4. The zero-order chi connectivity index (χ0) is 26.4. The van der Waals surface area contributed by atoms with Crippen LogP contribution < -0.4 is 0 Å². The quantitative estimate of drug-likeness (QED) is 0.435. The van der Waals surface area contributed by atoms with Gasteiger partial charge in [-0.25, -0.2) is 0 Å². The third-order valence-electron chi connectivity index (χ3n) is 9.45. The second kappa shape index (κ2) is 10.0. The normalized spacial score (nSPS) is 28.8. The van der Waals surface area contributed by atoms with E-state index < -0.39 is 0 Å². The summed E-state index contributed by atoms with van der Waals surface area (Å²) >= 11 is 0. The SMILES string of the molecule is CCC1Cc2ccccc2[C@]2(CC2c2ccc3c(/C=C/C4=CC(CN5CCOCC5)CC=C4)n[nH]c3c2)C1=O. The predicted molar refractivity (Wildman–Crippen MR) is 156 cm³/mol. The van der Waals surface area contributed by atoms with Crippen LogP contribution in [0.15, 0.2) is 72.3 Å². The Labute approximate surface area is 230 Å². The molecule has 1 spiro atoms. The average Bonchev–Trinajstić information content (AvgIpc) is 3.59. The number of fused-ring (bicyclic) bond motifs is 3. The van der Waals surface area contributed by atoms with Crippen molar-refractivity contribution in [2.24, 2.45) is 11.8 Å². The molecule has 1 N–H and O–H groups in total. The third kappa shape index (κ3) is 4.42. The van der Waals surface area contributed by atoms with Gasteiger partial charge >= 0.3 is 0 Å². The molecule has 2 fully saturated rings. The number of ketones is 1. The average molecular weight is 520 g/mol. The topological polar surface area (TPSA) is 58.2 Å². The van der Waals surface area contributed by atoms with E-state index in [4.69, 9.17) is 4.74 Å². The van der Waals surface area contributed by atoms with Gasteiger partial charge in [0, 0.05) is 36.9 Å². The van der Waals surface area contributed by atoms with Crippen LogP contribution >= 0.6 is 0 Å². The number of aromatic nitrogens is 2. The summed E-state index contributed by atoms with van der Waals surface area (Å²) in [5.74, 6) is 1.36. The van der Waals surface area contributed by atoms with Crippen LogP contribution in [0.3, 0.4) is 0 Å². The van der Waals surface area contributed by atoms with Gasteiger partial charge < -0.3 is 4.74 Å². The van der Waals surface area contributed by atoms with Gasteiger partial charge in [-0.3, -0.25) is 14.8 Å². The van der Waals surface area contributed by atoms with Gasteiger partial charge in [0.2, 0.25) is 0 Å². The number of hydrogen-bond acceptors (Lipinski definition) is 4. The molecule has 5 nitrogen and oxygen atoms in total. The van der Waals surface area contributed by atoms with Crippen LogP contribution in [0, 0.1) is 11.8 Å². The maximum atomic E-state index is 13.7. The lowest BCUT2D eigenvalue weighted by Crippen LogP contribution is -2.39. The Morgan fingerprint density at radius 2 is 2.03 bits per heavy atom. The Bertz CT molecular complexity index is 1490. The van der Waals surface area contributed by atoms with E-state index in [1.165, 1.54) is 22.3 Å². The van der Waals surface area contributed by atoms with Gasteiger partial charge in [-0.15, -0.1) is 0 Å². The van der Waals surface area contributed by atoms with Crippen molar-refractivity contribution < 1.29 is 9.53 Å². The smallest absolute Gasteiger partial charge is 0.147 e. The molecule has 1 aromatic heterocycles. The zero-order valence-corrected chi connectivity index (χ0v) is 22.7. The van der Waals surface area contributed by atoms with Crippen molar-refractivity contribution in [3.05, 3.63) is 94.7 Å². The Morgan fingerprint density at radius 3 is 2.90 bits per heavy atom. The largest absolute Gasteiger partial charge is 0.379 e. The van der Waals surface area contributed by atoms with Gasteiger partial charge in [-0.05, 0) is 66.0 Å². The summed E-state index contributed by atoms with van der Waals surface area (Å²) in [6, 6.07) is 15.2. The zero-order valence-electron chi connectivity index (χ0n) is 22.7. The minimum Gasteiger partial charge on any atom is -0.379 e. The van der Waals surface area contributed by atoms with E-state index in [1.54, 1.807) is 0 Å². The summed E-state index contributed by atoms with van der Waals surface area (Å²) in [6.07, 6.45) is 15.0. The number of Topliss-reactive ketones (excluding diaryl/α,β-unsaturated/α-hetero) is 1. The van der Waals surface area contributed by atoms with E-state index >= 15 is 0 Å². The van der Waals surface area contributed by atoms with Crippen molar-refractivity contribution >= 4 is 22.8 Å². The van der Waals surface area contributed by atoms with Crippen molar-refractivity contribution in [2.45, 2.75) is 43.9 Å². The molecule has 4 atom stereocenters. The molecule has 3 unspecified atom stereocenters. The van der Waals surface area contributed by atoms with Crippen LogP contribution in [0.4, 0.5) is 0 Å². The lowest BCUT2D eigenvalue weighted by atomic mass is 9.71. The van der Waals surface area contributed by atoms with Gasteiger partial charge in [-0.1, -0.05) is 67.6 Å². The Hall–Kier alpha value is -3.28. The van der Waals surface area contributed by atoms with Crippen LogP contribution in [-0.2, 0) is 21.4 Å². The Kier molecular flexibility index (Phi) is 6.37. The van der Waals surface area contributed by atoms with Gasteiger partial charge in [0.15, 0.2) is 0 Å². The first-order valence-electron chi connectivity index (χ1n) is 14.6. The fourth-order valence-corrected chi connectivity index (χ4v) is 7.26. The van der Waals surface area contributed by atoms with Crippen LogP contribution in [0.5, 0.6) is 0 Å². The highest BCUT2D eigenvalue weighted by molar-refractivity contribution is 5.99. The summed E-state index contributed by atoms with van der Waals surface area (Å²) in [7, 11) is 0. The fraction of sp³-hybridized carbons (Fsp3) is 0.412. The van der Waals surface area contributed by atoms with E-state index in [9.17, 15) is 4.79 Å². The number of carbonyl (C=O) groups excluding carboxylic acids is 1. The van der Waals surface area contributed by atoms with E-state index in [1.807, 2.05) is 0 Å². The molecule has 3 aliphatic carbocycles. The number of nitrogens with one attached hydrogen (secondary N) is 1. The van der Waals surface area contributed by atoms with E-state index in [0.717, 1.165) is 75.1 Å². The third-order valence-corrected chi connectivity index (χ3v) is 9.45. The standard InChI is InChI=1S/C34H37N3O2/c1-2-25-19-26-8-3-4-9-29(26)34(33(25)38)21-30(34)27-11-12-28-31(35-36-32(28)20-27)13-10-23-6-5-7-24(18-23)22-37-14-16-39-17-15-37/h3-6,8-13,18,20,24-25,30H,2,7,14-17,19,21-22H2,1H3,(H,35,36)/b13-10+/t24?,25?,30?,34-/m0/s1. The number of H-pyrrole nitrogens is 1. The number of hydrogen-bond donors (Lipinski definition) is 1. The first kappa shape index (κ1) is 24.7. The molecule has 4 aliphatic rings. The molecule has 39 heavy (non-hydrogen) atoms. The molecule has 1 aliphatic heterocycles. The molecule has 1 saturated carbocycles. The van der Waals surface area contributed by atoms with Crippen LogP contribution in [-0.4, -0.2) is 53.7 Å². The molecule has 7 rings (SSSR count). The highest BCUT2D eigenvalue weighted by atomic mass is 16.5. The van der Waals surface area contributed by atoms with Crippen molar-refractivity contribution in [1.82, 2.24) is 15.1 Å². The maximum absolute atomic E-state index is 13.7. The maximum Gasteiger partial charge on any atom is 0.147 e. The molecule has 0 radical (unpaired) electrons. The number of nitrogens with zero attached hydrogens (tertiary/aromatic N) is 2. The summed E-state index contributed by atoms with van der Waals surface area (Å²) < 4.78 is 5.50. The number of ether oxygens (including phenoxy) is 1. The molecule has 1 saturated heterocycles. The first-order valence-corrected chi connectivity index (χ1v) is 14.6. The first-order chi connectivity index (χ1) is 19.2. The molecule has 0 bridgehead atoms. The molecule has 0 amide bonds. The molecular weight excluding hydrogens is 482 g/mol. The van der Waals surface area contributed by atoms with Crippen LogP contribution in [0.2, 0.25) is 0 Å². The molecule has 2 aromatic carbocycles. The van der Waals surface area contributed by atoms with Gasteiger partial charge in [0.25, 0.3) is 0 Å².